The number of likely N-dealkylation sites (tertiary alicyclic amines) is 1. The number of rotatable bonds is 7. The zero-order valence-corrected chi connectivity index (χ0v) is 20.4. The zero-order valence-electron chi connectivity index (χ0n) is 19.6. The van der Waals surface area contributed by atoms with Crippen LogP contribution in [0.2, 0.25) is 0 Å². The summed E-state index contributed by atoms with van der Waals surface area (Å²) in [6.07, 6.45) is 3.51. The molecule has 1 amide bonds. The van der Waals surface area contributed by atoms with Crippen molar-refractivity contribution in [2.45, 2.75) is 63.4 Å². The van der Waals surface area contributed by atoms with Crippen LogP contribution in [0.15, 0.2) is 17.0 Å². The van der Waals surface area contributed by atoms with Crippen LogP contribution in [0.4, 0.5) is 0 Å². The third kappa shape index (κ3) is 5.48. The maximum absolute atomic E-state index is 13.4. The average molecular weight is 452 g/mol. The van der Waals surface area contributed by atoms with Crippen LogP contribution in [0.5, 0.6) is 0 Å². The van der Waals surface area contributed by atoms with Gasteiger partial charge in [0.1, 0.15) is 6.61 Å². The second kappa shape index (κ2) is 9.98. The Labute approximate surface area is 187 Å². The fourth-order valence-corrected chi connectivity index (χ4v) is 7.08. The molecule has 0 aliphatic carbocycles. The Morgan fingerprint density at radius 3 is 2.26 bits per heavy atom. The van der Waals surface area contributed by atoms with Crippen LogP contribution < -0.4 is 0 Å². The van der Waals surface area contributed by atoms with Gasteiger partial charge in [-0.25, -0.2) is 8.42 Å². The Balaban J connectivity index is 1.57. The minimum Gasteiger partial charge on any atom is -0.370 e. The van der Waals surface area contributed by atoms with Gasteiger partial charge in [0, 0.05) is 31.7 Å². The van der Waals surface area contributed by atoms with Crippen molar-refractivity contribution in [3.63, 3.8) is 0 Å². The lowest BCUT2D eigenvalue weighted by Crippen LogP contribution is -2.46. The number of benzene rings is 1. The summed E-state index contributed by atoms with van der Waals surface area (Å²) in [6.45, 7) is 7.95. The Hall–Kier alpha value is -1.48. The second-order valence-corrected chi connectivity index (χ2v) is 11.1. The van der Waals surface area contributed by atoms with E-state index in [-0.39, 0.29) is 25.2 Å². The maximum Gasteiger partial charge on any atom is 0.248 e. The van der Waals surface area contributed by atoms with Crippen molar-refractivity contribution in [1.82, 2.24) is 14.1 Å². The van der Waals surface area contributed by atoms with Crippen molar-refractivity contribution in [3.8, 4) is 0 Å². The predicted molar refractivity (Wildman–Crippen MR) is 122 cm³/mol. The monoisotopic (exact) mass is 451 g/mol. The molecule has 0 bridgehead atoms. The summed E-state index contributed by atoms with van der Waals surface area (Å²) in [5.74, 6) is -0.00478. The standard InChI is InChI=1S/C23H37N3O4S/c1-17-13-18(2)23(19(3)14-17)31(28,29)26-10-6-7-21(26)15-30-16-22(27)25-11-8-20(9-12-25)24(4)5/h13-14,20-21H,6-12,15-16H2,1-5H3/t21-/m1/s1. The molecule has 8 heteroatoms. The van der Waals surface area contributed by atoms with E-state index in [9.17, 15) is 13.2 Å². The third-order valence-electron chi connectivity index (χ3n) is 6.58. The van der Waals surface area contributed by atoms with E-state index in [1.54, 1.807) is 4.31 Å². The molecule has 1 atom stereocenters. The molecule has 0 aromatic heterocycles. The molecular weight excluding hydrogens is 414 g/mol. The highest BCUT2D eigenvalue weighted by Gasteiger charge is 2.37. The Morgan fingerprint density at radius 2 is 1.68 bits per heavy atom. The molecule has 1 aromatic carbocycles. The van der Waals surface area contributed by atoms with Crippen molar-refractivity contribution >= 4 is 15.9 Å². The SMILES string of the molecule is Cc1cc(C)c(S(=O)(=O)N2CCC[C@@H]2COCC(=O)N2CCC(N(C)C)CC2)c(C)c1. The van der Waals surface area contributed by atoms with Gasteiger partial charge in [0.15, 0.2) is 0 Å². The minimum atomic E-state index is -3.60. The summed E-state index contributed by atoms with van der Waals surface area (Å²) in [5.41, 5.74) is 2.61. The molecule has 2 fully saturated rings. The number of ether oxygens (including phenoxy) is 1. The van der Waals surface area contributed by atoms with Gasteiger partial charge in [-0.3, -0.25) is 4.79 Å². The molecule has 2 saturated heterocycles. The number of piperidine rings is 1. The van der Waals surface area contributed by atoms with E-state index < -0.39 is 10.0 Å². The predicted octanol–water partition coefficient (Wildman–Crippen LogP) is 2.33. The molecule has 7 nitrogen and oxygen atoms in total. The Kier molecular flexibility index (Phi) is 7.78. The van der Waals surface area contributed by atoms with Crippen LogP contribution in [0, 0.1) is 20.8 Å². The van der Waals surface area contributed by atoms with Gasteiger partial charge >= 0.3 is 0 Å². The van der Waals surface area contributed by atoms with Crippen molar-refractivity contribution < 1.29 is 17.9 Å². The van der Waals surface area contributed by atoms with Crippen molar-refractivity contribution in [2.24, 2.45) is 0 Å². The number of carbonyl (C=O) groups is 1. The van der Waals surface area contributed by atoms with E-state index in [4.69, 9.17) is 4.74 Å². The number of carbonyl (C=O) groups excluding carboxylic acids is 1. The van der Waals surface area contributed by atoms with Crippen LogP contribution in [-0.2, 0) is 19.6 Å². The van der Waals surface area contributed by atoms with Crippen molar-refractivity contribution in [3.05, 3.63) is 28.8 Å². The number of amides is 1. The number of sulfonamides is 1. The summed E-state index contributed by atoms with van der Waals surface area (Å²) in [4.78, 5) is 17.0. The van der Waals surface area contributed by atoms with E-state index in [1.165, 1.54) is 0 Å². The van der Waals surface area contributed by atoms with E-state index in [0.717, 1.165) is 55.5 Å². The fourth-order valence-electron chi connectivity index (χ4n) is 4.99. The lowest BCUT2D eigenvalue weighted by molar-refractivity contribution is -0.138. The summed E-state index contributed by atoms with van der Waals surface area (Å²) in [7, 11) is 0.553. The third-order valence-corrected chi connectivity index (χ3v) is 8.84. The molecule has 1 aromatic rings. The highest BCUT2D eigenvalue weighted by atomic mass is 32.2. The molecule has 2 aliphatic rings. The summed E-state index contributed by atoms with van der Waals surface area (Å²) in [6, 6.07) is 4.13. The lowest BCUT2D eigenvalue weighted by atomic mass is 10.0. The molecule has 3 rings (SSSR count). The zero-order chi connectivity index (χ0) is 22.8. The van der Waals surface area contributed by atoms with E-state index >= 15 is 0 Å². The first-order valence-corrected chi connectivity index (χ1v) is 12.7. The molecule has 0 unspecified atom stereocenters. The highest BCUT2D eigenvalue weighted by Crippen LogP contribution is 2.30. The molecule has 0 spiro atoms. The van der Waals surface area contributed by atoms with Gasteiger partial charge in [0.2, 0.25) is 15.9 Å². The second-order valence-electron chi connectivity index (χ2n) is 9.23. The first-order valence-electron chi connectivity index (χ1n) is 11.2. The topological polar surface area (TPSA) is 70.2 Å². The first kappa shape index (κ1) is 24.2. The van der Waals surface area contributed by atoms with Gasteiger partial charge in [-0.05, 0) is 71.7 Å². The molecule has 31 heavy (non-hydrogen) atoms. The van der Waals surface area contributed by atoms with E-state index in [1.807, 2.05) is 37.8 Å². The number of nitrogens with zero attached hydrogens (tertiary/aromatic N) is 3. The van der Waals surface area contributed by atoms with E-state index in [0.29, 0.717) is 17.5 Å². The van der Waals surface area contributed by atoms with Crippen LogP contribution >= 0.6 is 0 Å². The smallest absolute Gasteiger partial charge is 0.248 e. The highest BCUT2D eigenvalue weighted by molar-refractivity contribution is 7.89. The quantitative estimate of drug-likeness (QED) is 0.636. The normalized spacial score (nSPS) is 21.2. The summed E-state index contributed by atoms with van der Waals surface area (Å²) < 4.78 is 34.2. The van der Waals surface area contributed by atoms with Gasteiger partial charge in [-0.2, -0.15) is 4.31 Å². The average Bonchev–Trinajstić information content (AvgIpc) is 3.16. The molecule has 174 valence electrons. The molecule has 2 aliphatic heterocycles. The molecule has 2 heterocycles. The Morgan fingerprint density at radius 1 is 1.06 bits per heavy atom. The van der Waals surface area contributed by atoms with Crippen LogP contribution in [-0.4, -0.2) is 87.5 Å². The van der Waals surface area contributed by atoms with E-state index in [2.05, 4.69) is 19.0 Å². The number of aryl methyl sites for hydroxylation is 3. The fraction of sp³-hybridized carbons (Fsp3) is 0.696. The minimum absolute atomic E-state index is 0.00478. The molecular formula is C23H37N3O4S. The largest absolute Gasteiger partial charge is 0.370 e. The van der Waals surface area contributed by atoms with Crippen LogP contribution in [0.25, 0.3) is 0 Å². The van der Waals surface area contributed by atoms with Gasteiger partial charge in [0.05, 0.1) is 11.5 Å². The number of hydrogen-bond donors (Lipinski definition) is 0. The van der Waals surface area contributed by atoms with Gasteiger partial charge in [-0.1, -0.05) is 17.7 Å². The first-order chi connectivity index (χ1) is 14.6. The van der Waals surface area contributed by atoms with Crippen molar-refractivity contribution in [1.29, 1.82) is 0 Å². The maximum atomic E-state index is 13.4. The van der Waals surface area contributed by atoms with Crippen LogP contribution in [0.3, 0.4) is 0 Å². The van der Waals surface area contributed by atoms with Crippen molar-refractivity contribution in [2.75, 3.05) is 46.9 Å². The molecule has 0 radical (unpaired) electrons. The Bertz CT molecular complexity index is 869. The van der Waals surface area contributed by atoms with Gasteiger partial charge in [0.25, 0.3) is 0 Å². The van der Waals surface area contributed by atoms with Crippen LogP contribution in [0.1, 0.15) is 42.4 Å². The molecule has 0 saturated carbocycles. The van der Waals surface area contributed by atoms with Gasteiger partial charge in [-0.15, -0.1) is 0 Å². The lowest BCUT2D eigenvalue weighted by Gasteiger charge is -2.35. The van der Waals surface area contributed by atoms with Gasteiger partial charge < -0.3 is 14.5 Å². The number of hydrogen-bond acceptors (Lipinski definition) is 5. The molecule has 0 N–H and O–H groups in total. The summed E-state index contributed by atoms with van der Waals surface area (Å²) >= 11 is 0. The summed E-state index contributed by atoms with van der Waals surface area (Å²) in [5, 5.41) is 0.